The summed E-state index contributed by atoms with van der Waals surface area (Å²) in [6, 6.07) is 13.1. The number of hydrogen-bond acceptors (Lipinski definition) is 6. The Hall–Kier alpha value is -2.55. The third-order valence-electron chi connectivity index (χ3n) is 4.66. The van der Waals surface area contributed by atoms with Crippen LogP contribution in [0.5, 0.6) is 0 Å². The fourth-order valence-corrected chi connectivity index (χ4v) is 4.43. The molecule has 6 nitrogen and oxygen atoms in total. The molecule has 156 valence electrons. The lowest BCUT2D eigenvalue weighted by molar-refractivity contribution is -0.137. The zero-order valence-corrected chi connectivity index (χ0v) is 17.9. The number of nitrogens with zero attached hydrogens (tertiary/aromatic N) is 2. The van der Waals surface area contributed by atoms with Gasteiger partial charge in [0.15, 0.2) is 0 Å². The summed E-state index contributed by atoms with van der Waals surface area (Å²) in [6.45, 7) is 0.409. The highest BCUT2D eigenvalue weighted by molar-refractivity contribution is 8.26. The summed E-state index contributed by atoms with van der Waals surface area (Å²) in [4.78, 5) is 30.0. The van der Waals surface area contributed by atoms with Crippen molar-refractivity contribution >= 4 is 46.3 Å². The van der Waals surface area contributed by atoms with Gasteiger partial charge in [0.25, 0.3) is 5.91 Å². The van der Waals surface area contributed by atoms with Gasteiger partial charge in [0.1, 0.15) is 4.32 Å². The lowest BCUT2D eigenvalue weighted by atomic mass is 10.0. The molecule has 3 rings (SSSR count). The number of benzene rings is 1. The van der Waals surface area contributed by atoms with Gasteiger partial charge in [-0.3, -0.25) is 14.5 Å². The molecule has 0 spiro atoms. The lowest BCUT2D eigenvalue weighted by Gasteiger charge is -2.13. The first-order chi connectivity index (χ1) is 14.5. The summed E-state index contributed by atoms with van der Waals surface area (Å²) in [6.07, 6.45) is 3.90. The molecule has 1 saturated heterocycles. The smallest absolute Gasteiger partial charge is 0.303 e. The molecule has 1 aromatic carbocycles. The second-order valence-corrected chi connectivity index (χ2v) is 8.48. The molecule has 0 bridgehead atoms. The molecule has 2 N–H and O–H groups in total. The lowest BCUT2D eigenvalue weighted by Crippen LogP contribution is -2.29. The van der Waals surface area contributed by atoms with Gasteiger partial charge in [0.05, 0.1) is 22.9 Å². The minimum Gasteiger partial charge on any atom is -0.481 e. The number of pyridine rings is 1. The number of aromatic nitrogens is 1. The van der Waals surface area contributed by atoms with Gasteiger partial charge in [-0.1, -0.05) is 60.7 Å². The summed E-state index contributed by atoms with van der Waals surface area (Å²) in [7, 11) is 0. The maximum Gasteiger partial charge on any atom is 0.303 e. The standard InChI is InChI=1S/C22H22N2O4S2/c25-14-15-7-3-4-9-17(15)18-10-6-8-16(23-18)13-19-21(28)24(22(29)30-19)12-5-1-2-11-20(26)27/h3-4,6-10,13,25H,1-2,5,11-12,14H2,(H,26,27). The molecule has 0 atom stereocenters. The maximum absolute atomic E-state index is 12.7. The second-order valence-electron chi connectivity index (χ2n) is 6.80. The van der Waals surface area contributed by atoms with Crippen LogP contribution < -0.4 is 0 Å². The van der Waals surface area contributed by atoms with E-state index < -0.39 is 5.97 Å². The Labute approximate surface area is 184 Å². The first-order valence-electron chi connectivity index (χ1n) is 9.63. The van der Waals surface area contributed by atoms with E-state index in [0.29, 0.717) is 34.3 Å². The summed E-state index contributed by atoms with van der Waals surface area (Å²) < 4.78 is 0.506. The molecule has 1 aliphatic rings. The van der Waals surface area contributed by atoms with Crippen molar-refractivity contribution < 1.29 is 19.8 Å². The normalized spacial score (nSPS) is 15.2. The number of thioether (sulfide) groups is 1. The Balaban J connectivity index is 1.70. The summed E-state index contributed by atoms with van der Waals surface area (Å²) in [5, 5.41) is 18.3. The number of rotatable bonds is 9. The van der Waals surface area contributed by atoms with Gasteiger partial charge in [0, 0.05) is 18.5 Å². The van der Waals surface area contributed by atoms with Gasteiger partial charge in [-0.2, -0.15) is 0 Å². The van der Waals surface area contributed by atoms with Crippen molar-refractivity contribution in [2.45, 2.75) is 32.3 Å². The number of aliphatic carboxylic acids is 1. The third-order valence-corrected chi connectivity index (χ3v) is 6.04. The largest absolute Gasteiger partial charge is 0.481 e. The Bertz CT molecular complexity index is 991. The molecule has 30 heavy (non-hydrogen) atoms. The molecule has 0 saturated carbocycles. The van der Waals surface area contributed by atoms with Crippen LogP contribution in [0.4, 0.5) is 0 Å². The van der Waals surface area contributed by atoms with Crippen LogP contribution in [-0.4, -0.2) is 42.8 Å². The monoisotopic (exact) mass is 442 g/mol. The molecule has 1 fully saturated rings. The van der Waals surface area contributed by atoms with E-state index in [1.165, 1.54) is 11.8 Å². The quantitative estimate of drug-likeness (QED) is 0.343. The SMILES string of the molecule is O=C(O)CCCCCN1C(=O)C(=Cc2cccc(-c3ccccc3CO)n2)SC1=S. The molecule has 0 aliphatic carbocycles. The molecule has 0 radical (unpaired) electrons. The molecular weight excluding hydrogens is 420 g/mol. The van der Waals surface area contributed by atoms with Gasteiger partial charge in [-0.05, 0) is 36.6 Å². The van der Waals surface area contributed by atoms with Crippen LogP contribution in [0.25, 0.3) is 17.3 Å². The zero-order valence-electron chi connectivity index (χ0n) is 16.3. The molecule has 2 heterocycles. The molecule has 1 amide bonds. The molecule has 0 unspecified atom stereocenters. The first kappa shape index (κ1) is 22.1. The van der Waals surface area contributed by atoms with E-state index >= 15 is 0 Å². The van der Waals surface area contributed by atoms with Crippen LogP contribution in [0.15, 0.2) is 47.4 Å². The predicted octanol–water partition coefficient (Wildman–Crippen LogP) is 4.09. The molecular formula is C22H22N2O4S2. The number of aliphatic hydroxyl groups excluding tert-OH is 1. The van der Waals surface area contributed by atoms with E-state index in [9.17, 15) is 14.7 Å². The number of amides is 1. The van der Waals surface area contributed by atoms with Crippen LogP contribution in [0.1, 0.15) is 36.9 Å². The Kier molecular flexibility index (Phi) is 7.73. The van der Waals surface area contributed by atoms with E-state index in [1.807, 2.05) is 42.5 Å². The van der Waals surface area contributed by atoms with Crippen LogP contribution in [-0.2, 0) is 16.2 Å². The molecule has 1 aromatic heterocycles. The summed E-state index contributed by atoms with van der Waals surface area (Å²) >= 11 is 6.60. The number of aliphatic hydroxyl groups is 1. The Morgan fingerprint density at radius 1 is 1.13 bits per heavy atom. The molecule has 2 aromatic rings. The van der Waals surface area contributed by atoms with Gasteiger partial charge in [0.2, 0.25) is 0 Å². The number of unbranched alkanes of at least 4 members (excludes halogenated alkanes) is 2. The maximum atomic E-state index is 12.7. The van der Waals surface area contributed by atoms with Crippen LogP contribution in [0.2, 0.25) is 0 Å². The number of carboxylic acid groups (broad SMARTS) is 1. The van der Waals surface area contributed by atoms with E-state index in [0.717, 1.165) is 23.2 Å². The van der Waals surface area contributed by atoms with E-state index in [4.69, 9.17) is 17.3 Å². The van der Waals surface area contributed by atoms with Gasteiger partial charge >= 0.3 is 5.97 Å². The van der Waals surface area contributed by atoms with Gasteiger partial charge in [-0.25, -0.2) is 4.98 Å². The van der Waals surface area contributed by atoms with Crippen molar-refractivity contribution in [2.24, 2.45) is 0 Å². The number of carbonyl (C=O) groups excluding carboxylic acids is 1. The average molecular weight is 443 g/mol. The van der Waals surface area contributed by atoms with Crippen molar-refractivity contribution in [3.63, 3.8) is 0 Å². The highest BCUT2D eigenvalue weighted by Gasteiger charge is 2.31. The highest BCUT2D eigenvalue weighted by Crippen LogP contribution is 2.33. The predicted molar refractivity (Wildman–Crippen MR) is 122 cm³/mol. The summed E-state index contributed by atoms with van der Waals surface area (Å²) in [5.74, 6) is -0.953. The summed E-state index contributed by atoms with van der Waals surface area (Å²) in [5.41, 5.74) is 3.00. The van der Waals surface area contributed by atoms with Crippen molar-refractivity contribution in [3.05, 3.63) is 58.6 Å². The minimum atomic E-state index is -0.806. The third kappa shape index (κ3) is 5.53. The fraction of sp³-hybridized carbons (Fsp3) is 0.273. The molecule has 1 aliphatic heterocycles. The van der Waals surface area contributed by atoms with Gasteiger partial charge in [-0.15, -0.1) is 0 Å². The van der Waals surface area contributed by atoms with Crippen LogP contribution >= 0.6 is 24.0 Å². The van der Waals surface area contributed by atoms with E-state index in [2.05, 4.69) is 4.98 Å². The van der Waals surface area contributed by atoms with Crippen LogP contribution in [0.3, 0.4) is 0 Å². The Morgan fingerprint density at radius 2 is 1.93 bits per heavy atom. The van der Waals surface area contributed by atoms with E-state index in [1.54, 1.807) is 11.0 Å². The second kappa shape index (κ2) is 10.5. The minimum absolute atomic E-state index is 0.0762. The highest BCUT2D eigenvalue weighted by atomic mass is 32.2. The average Bonchev–Trinajstić information content (AvgIpc) is 3.00. The topological polar surface area (TPSA) is 90.7 Å². The van der Waals surface area contributed by atoms with Crippen LogP contribution in [0, 0.1) is 0 Å². The molecule has 8 heteroatoms. The number of thiocarbonyl (C=S) groups is 1. The van der Waals surface area contributed by atoms with Gasteiger partial charge < -0.3 is 10.2 Å². The number of carbonyl (C=O) groups is 2. The number of hydrogen-bond donors (Lipinski definition) is 2. The Morgan fingerprint density at radius 3 is 2.70 bits per heavy atom. The van der Waals surface area contributed by atoms with Crippen molar-refractivity contribution in [1.29, 1.82) is 0 Å². The van der Waals surface area contributed by atoms with Crippen molar-refractivity contribution in [3.8, 4) is 11.3 Å². The van der Waals surface area contributed by atoms with E-state index in [-0.39, 0.29) is 18.9 Å². The zero-order chi connectivity index (χ0) is 21.5. The van der Waals surface area contributed by atoms with Crippen molar-refractivity contribution in [1.82, 2.24) is 9.88 Å². The number of carboxylic acids is 1. The first-order valence-corrected chi connectivity index (χ1v) is 10.9. The fourth-order valence-electron chi connectivity index (χ4n) is 3.14. The van der Waals surface area contributed by atoms with Crippen molar-refractivity contribution in [2.75, 3.05) is 6.54 Å².